The molecule has 0 radical (unpaired) electrons. The van der Waals surface area contributed by atoms with Gasteiger partial charge in [0.05, 0.1) is 0 Å². The Balaban J connectivity index is 2.35. The molecule has 0 fully saturated rings. The van der Waals surface area contributed by atoms with Crippen molar-refractivity contribution in [3.05, 3.63) is 69.9 Å². The SMILES string of the molecule is Cc1cc(C=CCN=[N+]=[N-])c(C)n1-c1ccccc1. The summed E-state index contributed by atoms with van der Waals surface area (Å²) in [6.07, 6.45) is 3.87. The Morgan fingerprint density at radius 1 is 1.26 bits per heavy atom. The van der Waals surface area contributed by atoms with Gasteiger partial charge in [-0.05, 0) is 43.1 Å². The maximum atomic E-state index is 8.24. The van der Waals surface area contributed by atoms with Crippen molar-refractivity contribution in [2.45, 2.75) is 13.8 Å². The van der Waals surface area contributed by atoms with E-state index in [2.05, 4.69) is 46.6 Å². The molecule has 96 valence electrons. The summed E-state index contributed by atoms with van der Waals surface area (Å²) in [5.41, 5.74) is 12.9. The fourth-order valence-electron chi connectivity index (χ4n) is 2.19. The van der Waals surface area contributed by atoms with E-state index in [0.29, 0.717) is 6.54 Å². The van der Waals surface area contributed by atoms with Gasteiger partial charge < -0.3 is 4.57 Å². The minimum Gasteiger partial charge on any atom is -0.318 e. The van der Waals surface area contributed by atoms with Crippen LogP contribution in [0.4, 0.5) is 0 Å². The molecule has 0 atom stereocenters. The van der Waals surface area contributed by atoms with E-state index >= 15 is 0 Å². The van der Waals surface area contributed by atoms with Crippen LogP contribution in [0.2, 0.25) is 0 Å². The fourth-order valence-corrected chi connectivity index (χ4v) is 2.19. The first-order valence-corrected chi connectivity index (χ1v) is 6.16. The number of nitrogens with zero attached hydrogens (tertiary/aromatic N) is 4. The number of para-hydroxylation sites is 1. The Hall–Kier alpha value is -2.45. The smallest absolute Gasteiger partial charge is 0.0455 e. The average Bonchev–Trinajstić information content (AvgIpc) is 2.71. The first-order valence-electron chi connectivity index (χ1n) is 6.16. The lowest BCUT2D eigenvalue weighted by Crippen LogP contribution is -1.98. The fraction of sp³-hybridized carbons (Fsp3) is 0.200. The van der Waals surface area contributed by atoms with E-state index in [1.807, 2.05) is 30.4 Å². The van der Waals surface area contributed by atoms with Crippen molar-refractivity contribution in [1.82, 2.24) is 4.57 Å². The van der Waals surface area contributed by atoms with Crippen molar-refractivity contribution >= 4 is 6.08 Å². The number of rotatable bonds is 4. The summed E-state index contributed by atoms with van der Waals surface area (Å²) in [4.78, 5) is 2.73. The third-order valence-electron chi connectivity index (χ3n) is 3.03. The molecule has 0 saturated heterocycles. The first-order chi connectivity index (χ1) is 9.24. The van der Waals surface area contributed by atoms with Crippen LogP contribution < -0.4 is 0 Å². The van der Waals surface area contributed by atoms with Crippen molar-refractivity contribution in [2.24, 2.45) is 5.11 Å². The quantitative estimate of drug-likeness (QED) is 0.439. The van der Waals surface area contributed by atoms with Crippen LogP contribution in [0.3, 0.4) is 0 Å². The lowest BCUT2D eigenvalue weighted by atomic mass is 10.2. The predicted octanol–water partition coefficient (Wildman–Crippen LogP) is 4.42. The molecule has 4 heteroatoms. The molecule has 0 amide bonds. The minimum absolute atomic E-state index is 0.380. The van der Waals surface area contributed by atoms with Gasteiger partial charge in [0.2, 0.25) is 0 Å². The number of aromatic nitrogens is 1. The maximum Gasteiger partial charge on any atom is 0.0455 e. The highest BCUT2D eigenvalue weighted by Crippen LogP contribution is 2.21. The number of azide groups is 1. The molecule has 0 aliphatic carbocycles. The Labute approximate surface area is 112 Å². The lowest BCUT2D eigenvalue weighted by Gasteiger charge is -2.09. The summed E-state index contributed by atoms with van der Waals surface area (Å²) in [6.45, 7) is 4.56. The van der Waals surface area contributed by atoms with E-state index in [1.54, 1.807) is 0 Å². The normalized spacial score (nSPS) is 10.6. The molecule has 2 rings (SSSR count). The summed E-state index contributed by atoms with van der Waals surface area (Å²) in [5, 5.41) is 3.49. The van der Waals surface area contributed by atoms with E-state index < -0.39 is 0 Å². The Bertz CT molecular complexity index is 632. The molecule has 0 N–H and O–H groups in total. The number of aryl methyl sites for hydroxylation is 1. The highest BCUT2D eigenvalue weighted by molar-refractivity contribution is 5.56. The molecule has 1 aromatic heterocycles. The van der Waals surface area contributed by atoms with Gasteiger partial charge in [-0.25, -0.2) is 0 Å². The molecule has 0 aliphatic rings. The van der Waals surface area contributed by atoms with Gasteiger partial charge in [0.1, 0.15) is 0 Å². The Kier molecular flexibility index (Phi) is 4.06. The van der Waals surface area contributed by atoms with Crippen molar-refractivity contribution in [1.29, 1.82) is 0 Å². The van der Waals surface area contributed by atoms with E-state index in [4.69, 9.17) is 5.53 Å². The molecule has 0 spiro atoms. The highest BCUT2D eigenvalue weighted by Gasteiger charge is 2.07. The topological polar surface area (TPSA) is 53.7 Å². The molecule has 19 heavy (non-hydrogen) atoms. The largest absolute Gasteiger partial charge is 0.318 e. The average molecular weight is 252 g/mol. The van der Waals surface area contributed by atoms with Crippen LogP contribution in [0, 0.1) is 13.8 Å². The lowest BCUT2D eigenvalue weighted by molar-refractivity contribution is 0.964. The van der Waals surface area contributed by atoms with Gasteiger partial charge >= 0.3 is 0 Å². The number of benzene rings is 1. The van der Waals surface area contributed by atoms with Crippen LogP contribution in [-0.4, -0.2) is 11.1 Å². The zero-order chi connectivity index (χ0) is 13.7. The molecule has 4 nitrogen and oxygen atoms in total. The molecule has 1 aromatic carbocycles. The predicted molar refractivity (Wildman–Crippen MR) is 78.3 cm³/mol. The number of hydrogen-bond acceptors (Lipinski definition) is 1. The monoisotopic (exact) mass is 252 g/mol. The van der Waals surface area contributed by atoms with E-state index in [0.717, 1.165) is 11.3 Å². The summed E-state index contributed by atoms with van der Waals surface area (Å²) < 4.78 is 2.22. The third-order valence-corrected chi connectivity index (χ3v) is 3.03. The zero-order valence-electron chi connectivity index (χ0n) is 11.1. The Morgan fingerprint density at radius 2 is 2.00 bits per heavy atom. The van der Waals surface area contributed by atoms with Gasteiger partial charge in [0.25, 0.3) is 0 Å². The van der Waals surface area contributed by atoms with Crippen LogP contribution in [0.5, 0.6) is 0 Å². The standard InChI is InChI=1S/C15H16N4/c1-12-11-14(7-6-10-17-18-16)13(2)19(12)15-8-4-3-5-9-15/h3-9,11H,10H2,1-2H3. The maximum absolute atomic E-state index is 8.24. The van der Waals surface area contributed by atoms with Crippen molar-refractivity contribution in [2.75, 3.05) is 6.54 Å². The van der Waals surface area contributed by atoms with E-state index in [1.165, 1.54) is 11.4 Å². The van der Waals surface area contributed by atoms with E-state index in [9.17, 15) is 0 Å². The summed E-state index contributed by atoms with van der Waals surface area (Å²) in [7, 11) is 0. The van der Waals surface area contributed by atoms with Gasteiger partial charge in [-0.3, -0.25) is 0 Å². The van der Waals surface area contributed by atoms with Gasteiger partial charge in [0.15, 0.2) is 0 Å². The van der Waals surface area contributed by atoms with E-state index in [-0.39, 0.29) is 0 Å². The molecule has 0 unspecified atom stereocenters. The third kappa shape index (κ3) is 2.87. The van der Waals surface area contributed by atoms with Gasteiger partial charge in [-0.15, -0.1) is 0 Å². The van der Waals surface area contributed by atoms with Gasteiger partial charge in [-0.1, -0.05) is 35.5 Å². The summed E-state index contributed by atoms with van der Waals surface area (Å²) in [6, 6.07) is 12.4. The van der Waals surface area contributed by atoms with Crippen molar-refractivity contribution in [3.63, 3.8) is 0 Å². The molecular formula is C15H16N4. The zero-order valence-corrected chi connectivity index (χ0v) is 11.1. The van der Waals surface area contributed by atoms with Crippen LogP contribution in [0.25, 0.3) is 22.2 Å². The molecule has 0 bridgehead atoms. The minimum atomic E-state index is 0.380. The molecular weight excluding hydrogens is 236 g/mol. The Morgan fingerprint density at radius 3 is 2.68 bits per heavy atom. The second kappa shape index (κ2) is 5.94. The first kappa shape index (κ1) is 13.0. The molecule has 0 aliphatic heterocycles. The highest BCUT2D eigenvalue weighted by atomic mass is 15.1. The number of hydrogen-bond donors (Lipinski definition) is 0. The molecule has 1 heterocycles. The van der Waals surface area contributed by atoms with Crippen molar-refractivity contribution < 1.29 is 0 Å². The van der Waals surface area contributed by atoms with Gasteiger partial charge in [0, 0.05) is 28.5 Å². The summed E-state index contributed by atoms with van der Waals surface area (Å²) in [5.74, 6) is 0. The van der Waals surface area contributed by atoms with Crippen LogP contribution >= 0.6 is 0 Å². The van der Waals surface area contributed by atoms with Crippen LogP contribution in [0.15, 0.2) is 47.6 Å². The van der Waals surface area contributed by atoms with Crippen molar-refractivity contribution in [3.8, 4) is 5.69 Å². The molecule has 2 aromatic rings. The summed E-state index contributed by atoms with van der Waals surface area (Å²) >= 11 is 0. The van der Waals surface area contributed by atoms with Crippen LogP contribution in [0.1, 0.15) is 17.0 Å². The second-order valence-corrected chi connectivity index (χ2v) is 4.31. The van der Waals surface area contributed by atoms with Gasteiger partial charge in [-0.2, -0.15) is 0 Å². The molecule has 0 saturated carbocycles. The van der Waals surface area contributed by atoms with Crippen LogP contribution in [-0.2, 0) is 0 Å². The second-order valence-electron chi connectivity index (χ2n) is 4.31.